The summed E-state index contributed by atoms with van der Waals surface area (Å²) in [4.78, 5) is 54.7. The van der Waals surface area contributed by atoms with E-state index in [1.807, 2.05) is 11.8 Å². The maximum atomic E-state index is 13.1. The van der Waals surface area contributed by atoms with Gasteiger partial charge in [0.05, 0.1) is 18.0 Å². The minimum Gasteiger partial charge on any atom is -0.477 e. The van der Waals surface area contributed by atoms with Crippen molar-refractivity contribution in [2.75, 3.05) is 26.2 Å². The molecule has 0 aliphatic carbocycles. The molecule has 0 aromatic carbocycles. The molecule has 4 aliphatic heterocycles. The summed E-state index contributed by atoms with van der Waals surface area (Å²) in [7, 11) is 0. The van der Waals surface area contributed by atoms with E-state index in [4.69, 9.17) is 5.73 Å². The smallest absolute Gasteiger partial charge is 0.353 e. The zero-order valence-corrected chi connectivity index (χ0v) is 22.1. The lowest BCUT2D eigenvalue weighted by Gasteiger charge is -2.47. The van der Waals surface area contributed by atoms with E-state index < -0.39 is 17.9 Å². The molecule has 206 valence electrons. The van der Waals surface area contributed by atoms with Crippen LogP contribution in [0.2, 0.25) is 0 Å². The third kappa shape index (κ3) is 4.78. The van der Waals surface area contributed by atoms with Crippen LogP contribution in [0, 0.1) is 17.8 Å². The molecule has 0 unspecified atom stereocenters. The van der Waals surface area contributed by atoms with Gasteiger partial charge in [-0.25, -0.2) is 9.48 Å². The number of thioether (sulfide) groups is 1. The lowest BCUT2D eigenvalue weighted by molar-refractivity contribution is -0.158. The van der Waals surface area contributed by atoms with Crippen LogP contribution in [-0.2, 0) is 25.7 Å². The van der Waals surface area contributed by atoms with E-state index in [-0.39, 0.29) is 53.2 Å². The van der Waals surface area contributed by atoms with E-state index in [1.54, 1.807) is 6.92 Å². The standard InChI is InChI=1S/C23H33N9O5S/c1-11-18-17(12(2)27-16(33)9-31-10-26-28-29-31)22(35)32(18)19(23(36)37)20(11)38-14-5-15(25-7-14)21(34)30-4-3-13(6-24)8-30/h10-15,17-18,25H,3-9,24H2,1-2H3,(H,27,33)(H,36,37)/t11-,12-,13+,14+,15+,17-,18-/m1/s1. The number of carboxylic acid groups (broad SMARTS) is 1. The van der Waals surface area contributed by atoms with Crippen LogP contribution in [0.4, 0.5) is 0 Å². The normalized spacial score (nSPS) is 31.4. The van der Waals surface area contributed by atoms with E-state index in [9.17, 15) is 24.3 Å². The predicted octanol–water partition coefficient (Wildman–Crippen LogP) is -1.78. The molecule has 38 heavy (non-hydrogen) atoms. The van der Waals surface area contributed by atoms with Crippen LogP contribution < -0.4 is 16.4 Å². The number of hydrogen-bond donors (Lipinski definition) is 4. The van der Waals surface area contributed by atoms with Crippen molar-refractivity contribution >= 4 is 35.5 Å². The van der Waals surface area contributed by atoms with Gasteiger partial charge in [0.2, 0.25) is 17.7 Å². The van der Waals surface area contributed by atoms with Crippen molar-refractivity contribution in [2.24, 2.45) is 23.5 Å². The molecule has 5 N–H and O–H groups in total. The van der Waals surface area contributed by atoms with Crippen molar-refractivity contribution in [1.29, 1.82) is 0 Å². The van der Waals surface area contributed by atoms with Gasteiger partial charge in [-0.2, -0.15) is 0 Å². The van der Waals surface area contributed by atoms with E-state index >= 15 is 0 Å². The highest BCUT2D eigenvalue weighted by molar-refractivity contribution is 8.03. The van der Waals surface area contributed by atoms with Crippen LogP contribution >= 0.6 is 11.8 Å². The first-order valence-electron chi connectivity index (χ1n) is 12.9. The lowest BCUT2D eigenvalue weighted by atomic mass is 9.78. The Morgan fingerprint density at radius 3 is 2.82 bits per heavy atom. The van der Waals surface area contributed by atoms with E-state index in [0.29, 0.717) is 43.4 Å². The second-order valence-electron chi connectivity index (χ2n) is 10.5. The Labute approximate surface area is 223 Å². The molecular weight excluding hydrogens is 514 g/mol. The van der Waals surface area contributed by atoms with Gasteiger partial charge in [-0.3, -0.25) is 14.4 Å². The number of nitrogens with two attached hydrogens (primary N) is 1. The van der Waals surface area contributed by atoms with Gasteiger partial charge < -0.3 is 31.3 Å². The number of aromatic nitrogens is 4. The van der Waals surface area contributed by atoms with Crippen molar-refractivity contribution < 1.29 is 24.3 Å². The van der Waals surface area contributed by atoms with Gasteiger partial charge in [0.1, 0.15) is 18.6 Å². The fraction of sp³-hybridized carbons (Fsp3) is 0.696. The quantitative estimate of drug-likeness (QED) is 0.256. The van der Waals surface area contributed by atoms with Gasteiger partial charge in [0, 0.05) is 41.7 Å². The number of carbonyl (C=O) groups excluding carboxylic acids is 3. The Bertz CT molecular complexity index is 1140. The van der Waals surface area contributed by atoms with Crippen LogP contribution in [-0.4, -0.2) is 108 Å². The van der Waals surface area contributed by atoms with Gasteiger partial charge in [-0.1, -0.05) is 6.92 Å². The number of amides is 3. The SMILES string of the molecule is C[C@@H](NC(=O)Cn1cnnn1)[C@H]1C(=O)N2C(C(=O)O)=C(S[C@@H]3CN[C@H](C(=O)N4CC[C@@H](CN)C4)C3)[C@H](C)[C@H]12. The Kier molecular flexibility index (Phi) is 7.42. The van der Waals surface area contributed by atoms with Crippen LogP contribution in [0.5, 0.6) is 0 Å². The number of nitrogens with one attached hydrogen (secondary N) is 2. The maximum Gasteiger partial charge on any atom is 0.353 e. The summed E-state index contributed by atoms with van der Waals surface area (Å²) >= 11 is 1.45. The van der Waals surface area contributed by atoms with Crippen LogP contribution in [0.1, 0.15) is 26.7 Å². The highest BCUT2D eigenvalue weighted by Crippen LogP contribution is 2.51. The molecule has 3 fully saturated rings. The molecule has 3 amide bonds. The Hall–Kier alpha value is -3.04. The number of nitrogens with zero attached hydrogens (tertiary/aromatic N) is 6. The van der Waals surface area contributed by atoms with Gasteiger partial charge >= 0.3 is 5.97 Å². The van der Waals surface area contributed by atoms with Crippen LogP contribution in [0.3, 0.4) is 0 Å². The second-order valence-corrected chi connectivity index (χ2v) is 11.8. The average Bonchev–Trinajstić information content (AvgIpc) is 3.67. The number of hydrogen-bond acceptors (Lipinski definition) is 10. The third-order valence-corrected chi connectivity index (χ3v) is 9.54. The van der Waals surface area contributed by atoms with Crippen molar-refractivity contribution in [3.8, 4) is 0 Å². The van der Waals surface area contributed by atoms with E-state index in [2.05, 4.69) is 26.2 Å². The molecule has 4 aliphatic rings. The first-order valence-corrected chi connectivity index (χ1v) is 13.8. The van der Waals surface area contributed by atoms with Gasteiger partial charge in [0.15, 0.2) is 0 Å². The van der Waals surface area contributed by atoms with Gasteiger partial charge in [-0.05, 0) is 42.7 Å². The first kappa shape index (κ1) is 26.6. The molecule has 1 aromatic rings. The molecule has 5 rings (SSSR count). The first-order chi connectivity index (χ1) is 18.2. The topological polar surface area (TPSA) is 189 Å². The summed E-state index contributed by atoms with van der Waals surface area (Å²) in [5.74, 6) is -2.15. The number of fused-ring (bicyclic) bond motifs is 1. The van der Waals surface area contributed by atoms with E-state index in [0.717, 1.165) is 6.42 Å². The fourth-order valence-corrected chi connectivity index (χ4v) is 7.57. The summed E-state index contributed by atoms with van der Waals surface area (Å²) in [5.41, 5.74) is 5.78. The zero-order valence-electron chi connectivity index (χ0n) is 21.3. The summed E-state index contributed by atoms with van der Waals surface area (Å²) < 4.78 is 1.28. The third-order valence-electron chi connectivity index (χ3n) is 8.03. The summed E-state index contributed by atoms with van der Waals surface area (Å²) in [5, 5.41) is 26.8. The number of aliphatic carboxylic acids is 1. The van der Waals surface area contributed by atoms with Crippen molar-refractivity contribution in [3.05, 3.63) is 16.9 Å². The van der Waals surface area contributed by atoms with Gasteiger partial charge in [-0.15, -0.1) is 16.9 Å². The molecule has 0 spiro atoms. The number of likely N-dealkylation sites (tertiary alicyclic amines) is 1. The molecule has 15 heteroatoms. The van der Waals surface area contributed by atoms with Crippen LogP contribution in [0.15, 0.2) is 16.9 Å². The molecule has 3 saturated heterocycles. The summed E-state index contributed by atoms with van der Waals surface area (Å²) in [6.45, 7) is 6.13. The molecule has 1 aromatic heterocycles. The second kappa shape index (κ2) is 10.6. The fourth-order valence-electron chi connectivity index (χ4n) is 6.09. The number of carbonyl (C=O) groups is 4. The molecule has 14 nitrogen and oxygen atoms in total. The zero-order chi connectivity index (χ0) is 27.1. The molecule has 0 bridgehead atoms. The number of carboxylic acids is 1. The van der Waals surface area contributed by atoms with Gasteiger partial charge in [0.25, 0.3) is 0 Å². The minimum absolute atomic E-state index is 0.00401. The predicted molar refractivity (Wildman–Crippen MR) is 135 cm³/mol. The Morgan fingerprint density at radius 2 is 2.16 bits per heavy atom. The molecule has 0 radical (unpaired) electrons. The van der Waals surface area contributed by atoms with Crippen molar-refractivity contribution in [1.82, 2.24) is 40.6 Å². The maximum absolute atomic E-state index is 13.1. The number of β-lactam (4-membered cyclic amide) rings is 1. The summed E-state index contributed by atoms with van der Waals surface area (Å²) in [6, 6.07) is -1.16. The molecular formula is C23H33N9O5S. The molecule has 0 saturated carbocycles. The lowest BCUT2D eigenvalue weighted by Crippen LogP contribution is -2.66. The molecule has 7 atom stereocenters. The Morgan fingerprint density at radius 1 is 1.37 bits per heavy atom. The van der Waals surface area contributed by atoms with Crippen molar-refractivity contribution in [2.45, 2.75) is 56.6 Å². The molecule has 5 heterocycles. The largest absolute Gasteiger partial charge is 0.477 e. The monoisotopic (exact) mass is 547 g/mol. The minimum atomic E-state index is -1.15. The van der Waals surface area contributed by atoms with E-state index in [1.165, 1.54) is 27.7 Å². The highest BCUT2D eigenvalue weighted by atomic mass is 32.2. The Balaban J connectivity index is 1.22. The number of rotatable bonds is 9. The highest BCUT2D eigenvalue weighted by Gasteiger charge is 2.60. The van der Waals surface area contributed by atoms with Crippen molar-refractivity contribution in [3.63, 3.8) is 0 Å². The number of tetrazole rings is 1. The van der Waals surface area contributed by atoms with Crippen LogP contribution in [0.25, 0.3) is 0 Å². The summed E-state index contributed by atoms with van der Waals surface area (Å²) in [6.07, 6.45) is 2.83. The average molecular weight is 548 g/mol.